The summed E-state index contributed by atoms with van der Waals surface area (Å²) in [4.78, 5) is 25.1. The van der Waals surface area contributed by atoms with Crippen LogP contribution in [0.3, 0.4) is 0 Å². The van der Waals surface area contributed by atoms with Crippen molar-refractivity contribution in [2.24, 2.45) is 0 Å². The molecule has 1 amide bonds. The normalized spacial score (nSPS) is 13.9. The minimum atomic E-state index is -0.790. The fourth-order valence-electron chi connectivity index (χ4n) is 3.47. The zero-order valence-corrected chi connectivity index (χ0v) is 17.4. The molecule has 0 saturated heterocycles. The molecule has 160 valence electrons. The summed E-state index contributed by atoms with van der Waals surface area (Å²) in [7, 11) is 4.43. The van der Waals surface area contributed by atoms with Crippen molar-refractivity contribution < 1.29 is 28.3 Å². The van der Waals surface area contributed by atoms with Gasteiger partial charge in [-0.2, -0.15) is 0 Å². The molecular formula is C23H22N2O6. The fraction of sp³-hybridized carbons (Fsp3) is 0.261. The molecule has 0 bridgehead atoms. The van der Waals surface area contributed by atoms with Crippen LogP contribution in [0.5, 0.6) is 11.5 Å². The zero-order valence-electron chi connectivity index (χ0n) is 17.4. The highest BCUT2D eigenvalue weighted by Gasteiger charge is 2.54. The lowest BCUT2D eigenvalue weighted by molar-refractivity contribution is -0.118. The minimum absolute atomic E-state index is 0.240. The van der Waals surface area contributed by atoms with Crippen LogP contribution in [0.25, 0.3) is 11.3 Å². The maximum Gasteiger partial charge on any atom is 0.339 e. The smallest absolute Gasteiger partial charge is 0.339 e. The molecule has 31 heavy (non-hydrogen) atoms. The number of nitrogens with one attached hydrogen (secondary N) is 1. The third kappa shape index (κ3) is 3.72. The summed E-state index contributed by atoms with van der Waals surface area (Å²) < 4.78 is 20.9. The predicted molar refractivity (Wildman–Crippen MR) is 112 cm³/mol. The van der Waals surface area contributed by atoms with Crippen molar-refractivity contribution in [3.8, 4) is 22.8 Å². The van der Waals surface area contributed by atoms with Gasteiger partial charge in [0.05, 0.1) is 43.7 Å². The van der Waals surface area contributed by atoms with Crippen molar-refractivity contribution in [1.82, 2.24) is 5.16 Å². The van der Waals surface area contributed by atoms with Gasteiger partial charge in [0.15, 0.2) is 17.3 Å². The maximum absolute atomic E-state index is 13.1. The molecule has 0 atom stereocenters. The molecule has 0 spiro atoms. The fourth-order valence-corrected chi connectivity index (χ4v) is 3.47. The number of benzene rings is 2. The highest BCUT2D eigenvalue weighted by Crippen LogP contribution is 2.49. The molecule has 8 nitrogen and oxygen atoms in total. The first-order valence-electron chi connectivity index (χ1n) is 9.71. The molecule has 1 aliphatic rings. The number of rotatable bonds is 7. The number of carbonyl (C=O) groups excluding carboxylic acids is 2. The molecule has 1 saturated carbocycles. The molecule has 1 N–H and O–H groups in total. The Morgan fingerprint density at radius 2 is 1.74 bits per heavy atom. The van der Waals surface area contributed by atoms with Crippen molar-refractivity contribution in [3.63, 3.8) is 0 Å². The number of aromatic nitrogens is 1. The Balaban J connectivity index is 1.58. The lowest BCUT2D eigenvalue weighted by Gasteiger charge is -2.14. The summed E-state index contributed by atoms with van der Waals surface area (Å²) in [5, 5.41) is 7.01. The van der Waals surface area contributed by atoms with Crippen molar-refractivity contribution in [3.05, 3.63) is 59.8 Å². The number of para-hydroxylation sites is 1. The van der Waals surface area contributed by atoms with E-state index in [2.05, 4.69) is 10.5 Å². The van der Waals surface area contributed by atoms with Crippen LogP contribution >= 0.6 is 0 Å². The van der Waals surface area contributed by atoms with Gasteiger partial charge in [0.1, 0.15) is 0 Å². The van der Waals surface area contributed by atoms with E-state index < -0.39 is 11.4 Å². The lowest BCUT2D eigenvalue weighted by Crippen LogP contribution is -2.29. The van der Waals surface area contributed by atoms with E-state index in [0.29, 0.717) is 47.0 Å². The van der Waals surface area contributed by atoms with E-state index in [-0.39, 0.29) is 5.91 Å². The van der Waals surface area contributed by atoms with Crippen LogP contribution in [0.2, 0.25) is 0 Å². The van der Waals surface area contributed by atoms with Crippen molar-refractivity contribution in [2.75, 3.05) is 26.6 Å². The number of amides is 1. The molecule has 8 heteroatoms. The molecule has 1 fully saturated rings. The Bertz CT molecular complexity index is 1130. The molecule has 1 aromatic heterocycles. The largest absolute Gasteiger partial charge is 0.493 e. The molecule has 4 rings (SSSR count). The van der Waals surface area contributed by atoms with Crippen LogP contribution in [0.15, 0.2) is 53.1 Å². The molecule has 0 unspecified atom stereocenters. The molecule has 2 aromatic carbocycles. The number of methoxy groups -OCH3 is 3. The average molecular weight is 422 g/mol. The Labute approximate surface area is 179 Å². The quantitative estimate of drug-likeness (QED) is 0.578. The first-order chi connectivity index (χ1) is 15.0. The summed E-state index contributed by atoms with van der Waals surface area (Å²) in [5.41, 5.74) is 1.20. The second kappa shape index (κ2) is 8.14. The van der Waals surface area contributed by atoms with Gasteiger partial charge in [-0.15, -0.1) is 0 Å². The Kier molecular flexibility index (Phi) is 5.37. The molecule has 1 heterocycles. The number of anilines is 1. The van der Waals surface area contributed by atoms with Crippen LogP contribution in [0.1, 0.15) is 28.9 Å². The average Bonchev–Trinajstić information content (AvgIpc) is 3.48. The third-order valence-electron chi connectivity index (χ3n) is 5.43. The summed E-state index contributed by atoms with van der Waals surface area (Å²) in [6.45, 7) is 0. The van der Waals surface area contributed by atoms with Crippen molar-refractivity contribution in [2.45, 2.75) is 18.3 Å². The van der Waals surface area contributed by atoms with Crippen molar-refractivity contribution >= 4 is 17.6 Å². The molecule has 3 aromatic rings. The summed E-state index contributed by atoms with van der Waals surface area (Å²) in [6, 6.07) is 13.9. The standard InChI is InChI=1S/C23H22N2O6/c1-28-17-9-8-14(12-19(17)29-2)18-13-20(25-31-18)23(10-11-23)22(27)24-16-7-5-4-6-15(16)21(26)30-3/h4-9,12-13H,10-11H2,1-3H3,(H,24,27). The first-order valence-corrected chi connectivity index (χ1v) is 9.71. The number of hydrogen-bond donors (Lipinski definition) is 1. The van der Waals surface area contributed by atoms with Gasteiger partial charge >= 0.3 is 5.97 Å². The summed E-state index contributed by atoms with van der Waals surface area (Å²) in [6.07, 6.45) is 1.27. The monoisotopic (exact) mass is 422 g/mol. The van der Waals surface area contributed by atoms with Crippen LogP contribution < -0.4 is 14.8 Å². The summed E-state index contributed by atoms with van der Waals surface area (Å²) in [5.74, 6) is 0.934. The number of esters is 1. The number of carbonyl (C=O) groups is 2. The van der Waals surface area contributed by atoms with Gasteiger partial charge < -0.3 is 24.1 Å². The van der Waals surface area contributed by atoms with E-state index in [4.69, 9.17) is 18.7 Å². The van der Waals surface area contributed by atoms with Gasteiger partial charge in [-0.1, -0.05) is 17.3 Å². The predicted octanol–water partition coefficient (Wildman–Crippen LogP) is 3.82. The minimum Gasteiger partial charge on any atom is -0.493 e. The van der Waals surface area contributed by atoms with Crippen LogP contribution in [0, 0.1) is 0 Å². The Morgan fingerprint density at radius 3 is 2.42 bits per heavy atom. The summed E-state index contributed by atoms with van der Waals surface area (Å²) >= 11 is 0. The number of hydrogen-bond acceptors (Lipinski definition) is 7. The lowest BCUT2D eigenvalue weighted by atomic mass is 9.99. The third-order valence-corrected chi connectivity index (χ3v) is 5.43. The van der Waals surface area contributed by atoms with Crippen LogP contribution in [-0.4, -0.2) is 38.4 Å². The zero-order chi connectivity index (χ0) is 22.0. The van der Waals surface area contributed by atoms with E-state index in [1.165, 1.54) is 7.11 Å². The van der Waals surface area contributed by atoms with Crippen LogP contribution in [0.4, 0.5) is 5.69 Å². The van der Waals surface area contributed by atoms with E-state index in [1.54, 1.807) is 56.7 Å². The molecule has 1 aliphatic carbocycles. The van der Waals surface area contributed by atoms with Gasteiger partial charge in [0.2, 0.25) is 5.91 Å². The maximum atomic E-state index is 13.1. The highest BCUT2D eigenvalue weighted by atomic mass is 16.5. The molecular weight excluding hydrogens is 400 g/mol. The van der Waals surface area contributed by atoms with Gasteiger partial charge in [0, 0.05) is 11.6 Å². The Morgan fingerprint density at radius 1 is 1.00 bits per heavy atom. The number of ether oxygens (including phenoxy) is 3. The van der Waals surface area contributed by atoms with E-state index in [1.807, 2.05) is 6.07 Å². The van der Waals surface area contributed by atoms with Crippen LogP contribution in [-0.2, 0) is 14.9 Å². The second-order valence-corrected chi connectivity index (χ2v) is 7.22. The van der Waals surface area contributed by atoms with E-state index >= 15 is 0 Å². The molecule has 0 aliphatic heterocycles. The van der Waals surface area contributed by atoms with E-state index in [9.17, 15) is 9.59 Å². The molecule has 0 radical (unpaired) electrons. The Hall–Kier alpha value is -3.81. The first kappa shape index (κ1) is 20.5. The van der Waals surface area contributed by atoms with E-state index in [0.717, 1.165) is 5.56 Å². The van der Waals surface area contributed by atoms with Gasteiger partial charge in [-0.3, -0.25) is 4.79 Å². The van der Waals surface area contributed by atoms with Gasteiger partial charge in [-0.25, -0.2) is 4.79 Å². The van der Waals surface area contributed by atoms with Gasteiger partial charge in [-0.05, 0) is 43.2 Å². The van der Waals surface area contributed by atoms with Crippen molar-refractivity contribution in [1.29, 1.82) is 0 Å². The second-order valence-electron chi connectivity index (χ2n) is 7.22. The topological polar surface area (TPSA) is 99.9 Å². The SMILES string of the molecule is COC(=O)c1ccccc1NC(=O)C1(c2cc(-c3ccc(OC)c(OC)c3)on2)CC1. The number of nitrogens with zero attached hydrogens (tertiary/aromatic N) is 1. The van der Waals surface area contributed by atoms with Gasteiger partial charge in [0.25, 0.3) is 0 Å². The highest BCUT2D eigenvalue weighted by molar-refractivity contribution is 6.05.